The van der Waals surface area contributed by atoms with Gasteiger partial charge in [0.15, 0.2) is 0 Å². The molecule has 0 saturated carbocycles. The van der Waals surface area contributed by atoms with E-state index in [-0.39, 0.29) is 17.8 Å². The van der Waals surface area contributed by atoms with Crippen LogP contribution in [0.2, 0.25) is 0 Å². The van der Waals surface area contributed by atoms with E-state index in [1.165, 1.54) is 19.3 Å². The van der Waals surface area contributed by atoms with Gasteiger partial charge in [-0.1, -0.05) is 13.3 Å². The summed E-state index contributed by atoms with van der Waals surface area (Å²) in [5, 5.41) is 0. The molecule has 0 radical (unpaired) electrons. The monoisotopic (exact) mass is 310 g/mol. The molecule has 2 aliphatic rings. The zero-order chi connectivity index (χ0) is 15.9. The lowest BCUT2D eigenvalue weighted by atomic mass is 9.97. The molecule has 0 aromatic carbocycles. The van der Waals surface area contributed by atoms with Crippen LogP contribution >= 0.6 is 0 Å². The van der Waals surface area contributed by atoms with Crippen molar-refractivity contribution in [3.63, 3.8) is 0 Å². The predicted molar refractivity (Wildman–Crippen MR) is 85.4 cm³/mol. The number of piperidine rings is 2. The molecule has 5 nitrogen and oxygen atoms in total. The summed E-state index contributed by atoms with van der Waals surface area (Å²) in [4.78, 5) is 28.7. The number of likely N-dealkylation sites (tertiary alicyclic amines) is 2. The van der Waals surface area contributed by atoms with E-state index in [1.54, 1.807) is 0 Å². The van der Waals surface area contributed by atoms with Crippen LogP contribution in [0, 0.1) is 5.92 Å². The number of carbonyl (C=O) groups excluding carboxylic acids is 2. The Morgan fingerprint density at radius 3 is 2.64 bits per heavy atom. The highest BCUT2D eigenvalue weighted by atomic mass is 16.5. The van der Waals surface area contributed by atoms with Crippen molar-refractivity contribution in [2.24, 2.45) is 5.92 Å². The minimum Gasteiger partial charge on any atom is -0.466 e. The van der Waals surface area contributed by atoms with E-state index in [4.69, 9.17) is 4.74 Å². The first-order chi connectivity index (χ1) is 10.7. The lowest BCUT2D eigenvalue weighted by molar-refractivity contribution is -0.151. The third-order valence-electron chi connectivity index (χ3n) is 4.95. The van der Waals surface area contributed by atoms with Gasteiger partial charge in [0.05, 0.1) is 19.1 Å². The van der Waals surface area contributed by atoms with Crippen molar-refractivity contribution in [3.8, 4) is 0 Å². The SMILES string of the molecule is CCOC(=O)C1CCCN(C(=O)CN2CCCCC2CC)C1. The first-order valence-corrected chi connectivity index (χ1v) is 8.84. The Morgan fingerprint density at radius 2 is 1.91 bits per heavy atom. The van der Waals surface area contributed by atoms with E-state index in [0.29, 0.717) is 25.7 Å². The fourth-order valence-corrected chi connectivity index (χ4v) is 3.66. The summed E-state index contributed by atoms with van der Waals surface area (Å²) in [7, 11) is 0. The quantitative estimate of drug-likeness (QED) is 0.729. The lowest BCUT2D eigenvalue weighted by Crippen LogP contribution is -2.49. The number of nitrogens with zero attached hydrogens (tertiary/aromatic N) is 2. The first-order valence-electron chi connectivity index (χ1n) is 8.84. The maximum absolute atomic E-state index is 12.6. The van der Waals surface area contributed by atoms with Crippen molar-refractivity contribution >= 4 is 11.9 Å². The van der Waals surface area contributed by atoms with Gasteiger partial charge >= 0.3 is 5.97 Å². The molecule has 0 aliphatic carbocycles. The Kier molecular flexibility index (Phi) is 6.68. The van der Waals surface area contributed by atoms with Gasteiger partial charge in [-0.15, -0.1) is 0 Å². The van der Waals surface area contributed by atoms with Crippen molar-refractivity contribution in [3.05, 3.63) is 0 Å². The predicted octanol–water partition coefficient (Wildman–Crippen LogP) is 2.05. The van der Waals surface area contributed by atoms with Gasteiger partial charge in [-0.05, 0) is 45.6 Å². The van der Waals surface area contributed by atoms with Gasteiger partial charge in [-0.3, -0.25) is 14.5 Å². The summed E-state index contributed by atoms with van der Waals surface area (Å²) in [5.41, 5.74) is 0. The second-order valence-electron chi connectivity index (χ2n) is 6.46. The molecule has 5 heteroatoms. The molecule has 2 aliphatic heterocycles. The molecule has 126 valence electrons. The van der Waals surface area contributed by atoms with Gasteiger partial charge in [0.2, 0.25) is 5.91 Å². The average molecular weight is 310 g/mol. The van der Waals surface area contributed by atoms with Crippen LogP contribution in [-0.2, 0) is 14.3 Å². The van der Waals surface area contributed by atoms with E-state index < -0.39 is 0 Å². The Hall–Kier alpha value is -1.10. The highest BCUT2D eigenvalue weighted by Crippen LogP contribution is 2.21. The first kappa shape index (κ1) is 17.3. The highest BCUT2D eigenvalue weighted by Gasteiger charge is 2.31. The molecule has 0 spiro atoms. The molecule has 0 aromatic heterocycles. The number of rotatable bonds is 5. The fraction of sp³-hybridized carbons (Fsp3) is 0.882. The number of ether oxygens (including phenoxy) is 1. The molecule has 2 heterocycles. The van der Waals surface area contributed by atoms with E-state index in [9.17, 15) is 9.59 Å². The second kappa shape index (κ2) is 8.51. The molecule has 2 unspecified atom stereocenters. The average Bonchev–Trinajstić information content (AvgIpc) is 2.55. The van der Waals surface area contributed by atoms with Crippen molar-refractivity contribution in [1.82, 2.24) is 9.80 Å². The molecule has 0 aromatic rings. The van der Waals surface area contributed by atoms with Crippen LogP contribution in [0.3, 0.4) is 0 Å². The number of amides is 1. The van der Waals surface area contributed by atoms with Crippen LogP contribution < -0.4 is 0 Å². The van der Waals surface area contributed by atoms with Crippen LogP contribution in [-0.4, -0.2) is 60.5 Å². The minimum absolute atomic E-state index is 0.138. The van der Waals surface area contributed by atoms with Crippen molar-refractivity contribution in [2.45, 2.75) is 58.4 Å². The molecular formula is C17H30N2O3. The van der Waals surface area contributed by atoms with Crippen LogP contribution in [0.4, 0.5) is 0 Å². The molecule has 1 amide bonds. The summed E-state index contributed by atoms with van der Waals surface area (Å²) in [6, 6.07) is 0.545. The normalized spacial score (nSPS) is 26.7. The summed E-state index contributed by atoms with van der Waals surface area (Å²) in [6.07, 6.45) is 6.51. The third-order valence-corrected chi connectivity index (χ3v) is 4.95. The Balaban J connectivity index is 1.87. The van der Waals surface area contributed by atoms with Crippen molar-refractivity contribution < 1.29 is 14.3 Å². The van der Waals surface area contributed by atoms with Gasteiger partial charge < -0.3 is 9.64 Å². The van der Waals surface area contributed by atoms with Crippen LogP contribution in [0.5, 0.6) is 0 Å². The summed E-state index contributed by atoms with van der Waals surface area (Å²) in [6.45, 7) is 7.28. The largest absolute Gasteiger partial charge is 0.466 e. The lowest BCUT2D eigenvalue weighted by Gasteiger charge is -2.37. The Labute approximate surface area is 134 Å². The van der Waals surface area contributed by atoms with Gasteiger partial charge in [-0.2, -0.15) is 0 Å². The zero-order valence-electron chi connectivity index (χ0n) is 14.1. The maximum atomic E-state index is 12.6. The minimum atomic E-state index is -0.149. The molecule has 2 saturated heterocycles. The van der Waals surface area contributed by atoms with Gasteiger partial charge in [0.25, 0.3) is 0 Å². The molecule has 2 rings (SSSR count). The molecule has 22 heavy (non-hydrogen) atoms. The molecular weight excluding hydrogens is 280 g/mol. The van der Waals surface area contributed by atoms with Crippen molar-refractivity contribution in [1.29, 1.82) is 0 Å². The maximum Gasteiger partial charge on any atom is 0.310 e. The second-order valence-corrected chi connectivity index (χ2v) is 6.46. The van der Waals surface area contributed by atoms with Gasteiger partial charge in [-0.25, -0.2) is 0 Å². The van der Waals surface area contributed by atoms with Crippen LogP contribution in [0.1, 0.15) is 52.4 Å². The fourth-order valence-electron chi connectivity index (χ4n) is 3.66. The molecule has 2 fully saturated rings. The van der Waals surface area contributed by atoms with E-state index in [2.05, 4.69) is 11.8 Å². The van der Waals surface area contributed by atoms with E-state index in [1.807, 2.05) is 11.8 Å². The van der Waals surface area contributed by atoms with Crippen LogP contribution in [0.25, 0.3) is 0 Å². The van der Waals surface area contributed by atoms with Crippen LogP contribution in [0.15, 0.2) is 0 Å². The summed E-state index contributed by atoms with van der Waals surface area (Å²) >= 11 is 0. The summed E-state index contributed by atoms with van der Waals surface area (Å²) < 4.78 is 5.11. The molecule has 0 bridgehead atoms. The van der Waals surface area contributed by atoms with E-state index >= 15 is 0 Å². The topological polar surface area (TPSA) is 49.9 Å². The Bertz CT molecular complexity index is 386. The van der Waals surface area contributed by atoms with Crippen molar-refractivity contribution in [2.75, 3.05) is 32.8 Å². The third kappa shape index (κ3) is 4.45. The number of esters is 1. The summed E-state index contributed by atoms with van der Waals surface area (Å²) in [5.74, 6) is -0.111. The number of hydrogen-bond donors (Lipinski definition) is 0. The Morgan fingerprint density at radius 1 is 1.09 bits per heavy atom. The number of carbonyl (C=O) groups is 2. The van der Waals surface area contributed by atoms with E-state index in [0.717, 1.165) is 32.4 Å². The molecule has 0 N–H and O–H groups in total. The molecule has 2 atom stereocenters. The smallest absolute Gasteiger partial charge is 0.310 e. The highest BCUT2D eigenvalue weighted by molar-refractivity contribution is 5.80. The van der Waals surface area contributed by atoms with Gasteiger partial charge in [0.1, 0.15) is 0 Å². The number of hydrogen-bond acceptors (Lipinski definition) is 4. The zero-order valence-corrected chi connectivity index (χ0v) is 14.1. The van der Waals surface area contributed by atoms with Gasteiger partial charge in [0, 0.05) is 19.1 Å². The standard InChI is InChI=1S/C17H30N2O3/c1-3-15-9-5-6-10-18(15)13-16(20)19-11-7-8-14(12-19)17(21)22-4-2/h14-15H,3-13H2,1-2H3.